The molecule has 1 aromatic heterocycles. The number of carbonyl (C=O) groups is 2. The zero-order valence-electron chi connectivity index (χ0n) is 21.7. The van der Waals surface area contributed by atoms with Crippen LogP contribution in [0.2, 0.25) is 0 Å². The van der Waals surface area contributed by atoms with Crippen molar-refractivity contribution in [1.82, 2.24) is 15.6 Å². The number of benzene rings is 1. The lowest BCUT2D eigenvalue weighted by Crippen LogP contribution is -2.58. The molecule has 0 aliphatic heterocycles. The van der Waals surface area contributed by atoms with Crippen molar-refractivity contribution in [3.63, 3.8) is 0 Å². The monoisotopic (exact) mass is 493 g/mol. The van der Waals surface area contributed by atoms with Crippen molar-refractivity contribution in [2.45, 2.75) is 65.1 Å². The second kappa shape index (κ2) is 11.0. The summed E-state index contributed by atoms with van der Waals surface area (Å²) in [6.45, 7) is 6.76. The van der Waals surface area contributed by atoms with Gasteiger partial charge in [-0.05, 0) is 78.7 Å². The van der Waals surface area contributed by atoms with Crippen molar-refractivity contribution < 1.29 is 19.4 Å². The lowest BCUT2D eigenvalue weighted by Gasteiger charge is -2.56. The number of amides is 2. The predicted molar refractivity (Wildman–Crippen MR) is 138 cm³/mol. The van der Waals surface area contributed by atoms with Gasteiger partial charge in [-0.3, -0.25) is 14.6 Å². The molecule has 7 heteroatoms. The van der Waals surface area contributed by atoms with E-state index in [1.807, 2.05) is 31.2 Å². The second-order valence-electron chi connectivity index (χ2n) is 10.9. The summed E-state index contributed by atoms with van der Waals surface area (Å²) in [7, 11) is 1.63. The van der Waals surface area contributed by atoms with Gasteiger partial charge in [0.25, 0.3) is 5.91 Å². The third-order valence-electron chi connectivity index (χ3n) is 8.78. The van der Waals surface area contributed by atoms with Gasteiger partial charge in [-0.2, -0.15) is 0 Å². The second-order valence-corrected chi connectivity index (χ2v) is 10.9. The average Bonchev–Trinajstić information content (AvgIpc) is 2.89. The maximum absolute atomic E-state index is 13.1. The average molecular weight is 494 g/mol. The summed E-state index contributed by atoms with van der Waals surface area (Å²) in [5, 5.41) is 17.8. The molecule has 0 unspecified atom stereocenters. The van der Waals surface area contributed by atoms with Crippen LogP contribution in [0, 0.1) is 29.1 Å². The van der Waals surface area contributed by atoms with Gasteiger partial charge in [0.15, 0.2) is 0 Å². The molecule has 1 aromatic carbocycles. The number of nitrogens with one attached hydrogen (secondary N) is 2. The van der Waals surface area contributed by atoms with Crippen molar-refractivity contribution in [3.8, 4) is 5.75 Å². The van der Waals surface area contributed by atoms with E-state index in [1.54, 1.807) is 31.5 Å². The number of hydrogen-bond donors (Lipinski definition) is 3. The molecule has 7 atom stereocenters. The van der Waals surface area contributed by atoms with E-state index < -0.39 is 6.10 Å². The normalized spacial score (nSPS) is 30.5. The maximum Gasteiger partial charge on any atom is 0.270 e. The Morgan fingerprint density at radius 2 is 1.89 bits per heavy atom. The van der Waals surface area contributed by atoms with Crippen molar-refractivity contribution in [2.75, 3.05) is 7.11 Å². The van der Waals surface area contributed by atoms with Gasteiger partial charge >= 0.3 is 0 Å². The molecule has 194 valence electrons. The Balaban J connectivity index is 1.40. The molecule has 0 spiro atoms. The lowest BCUT2D eigenvalue weighted by atomic mass is 9.51. The number of carbonyl (C=O) groups excluding carboxylic acids is 2. The van der Waals surface area contributed by atoms with Gasteiger partial charge in [0.2, 0.25) is 5.91 Å². The van der Waals surface area contributed by atoms with Gasteiger partial charge in [0, 0.05) is 24.7 Å². The van der Waals surface area contributed by atoms with E-state index >= 15 is 0 Å². The van der Waals surface area contributed by atoms with Crippen molar-refractivity contribution >= 4 is 11.8 Å². The van der Waals surface area contributed by atoms with Crippen LogP contribution in [0.1, 0.15) is 62.5 Å². The van der Waals surface area contributed by atoms with Crippen LogP contribution >= 0.6 is 0 Å². The third-order valence-corrected chi connectivity index (χ3v) is 8.78. The molecule has 0 radical (unpaired) electrons. The van der Waals surface area contributed by atoms with Crippen LogP contribution in [0.25, 0.3) is 0 Å². The first-order valence-electron chi connectivity index (χ1n) is 13.0. The highest BCUT2D eigenvalue weighted by molar-refractivity contribution is 5.92. The number of aliphatic hydroxyl groups is 1. The third kappa shape index (κ3) is 5.41. The van der Waals surface area contributed by atoms with Crippen LogP contribution in [0.5, 0.6) is 5.75 Å². The van der Waals surface area contributed by atoms with E-state index in [1.165, 1.54) is 0 Å². The zero-order valence-corrected chi connectivity index (χ0v) is 21.7. The Labute approximate surface area is 214 Å². The summed E-state index contributed by atoms with van der Waals surface area (Å²) in [4.78, 5) is 30.0. The first-order valence-corrected chi connectivity index (χ1v) is 13.0. The number of aromatic nitrogens is 1. The van der Waals surface area contributed by atoms with Crippen LogP contribution in [0.3, 0.4) is 0 Å². The SMILES string of the molecule is COc1ccc(CNC(=O)[C@@H](C)[C@H]2CC[C@@]3(C)CC[C@H](NC(=O)c4ccccn4)[C@@H](C)[C@@H]3[C@H]2O)cc1. The summed E-state index contributed by atoms with van der Waals surface area (Å²) < 4.78 is 5.19. The minimum atomic E-state index is -0.602. The van der Waals surface area contributed by atoms with E-state index in [2.05, 4.69) is 29.5 Å². The highest BCUT2D eigenvalue weighted by Crippen LogP contribution is 2.55. The van der Waals surface area contributed by atoms with E-state index in [0.717, 1.165) is 37.0 Å². The summed E-state index contributed by atoms with van der Waals surface area (Å²) in [5.41, 5.74) is 1.41. The highest BCUT2D eigenvalue weighted by atomic mass is 16.5. The summed E-state index contributed by atoms with van der Waals surface area (Å²) in [6, 6.07) is 12.9. The summed E-state index contributed by atoms with van der Waals surface area (Å²) in [5.74, 6) is 0.235. The zero-order chi connectivity index (χ0) is 25.9. The Morgan fingerprint density at radius 3 is 2.56 bits per heavy atom. The molecule has 2 fully saturated rings. The Bertz CT molecular complexity index is 1040. The molecule has 2 aliphatic rings. The largest absolute Gasteiger partial charge is 0.497 e. The fourth-order valence-corrected chi connectivity index (χ4v) is 6.52. The summed E-state index contributed by atoms with van der Waals surface area (Å²) in [6.07, 6.45) is 4.63. The van der Waals surface area contributed by atoms with Gasteiger partial charge in [-0.15, -0.1) is 0 Å². The molecular weight excluding hydrogens is 454 g/mol. The number of aliphatic hydroxyl groups excluding tert-OH is 1. The molecule has 4 rings (SSSR count). The maximum atomic E-state index is 13.1. The fraction of sp³-hybridized carbons (Fsp3) is 0.552. The van der Waals surface area contributed by atoms with Crippen molar-refractivity contribution in [3.05, 3.63) is 59.9 Å². The number of nitrogens with zero attached hydrogens (tertiary/aromatic N) is 1. The predicted octanol–water partition coefficient (Wildman–Crippen LogP) is 3.96. The van der Waals surface area contributed by atoms with Crippen molar-refractivity contribution in [1.29, 1.82) is 0 Å². The van der Waals surface area contributed by atoms with Crippen LogP contribution in [-0.2, 0) is 11.3 Å². The van der Waals surface area contributed by atoms with Gasteiger partial charge in [-0.1, -0.05) is 39.0 Å². The number of fused-ring (bicyclic) bond motifs is 1. The Morgan fingerprint density at radius 1 is 1.17 bits per heavy atom. The minimum Gasteiger partial charge on any atom is -0.497 e. The fourth-order valence-electron chi connectivity index (χ4n) is 6.52. The Kier molecular flexibility index (Phi) is 7.98. The molecular formula is C29H39N3O4. The molecule has 2 aromatic rings. The quantitative estimate of drug-likeness (QED) is 0.542. The molecule has 1 heterocycles. The molecule has 36 heavy (non-hydrogen) atoms. The van der Waals surface area contributed by atoms with Gasteiger partial charge in [-0.25, -0.2) is 0 Å². The van der Waals surface area contributed by atoms with Crippen LogP contribution in [0.4, 0.5) is 0 Å². The van der Waals surface area contributed by atoms with Crippen LogP contribution in [-0.4, -0.2) is 41.2 Å². The highest BCUT2D eigenvalue weighted by Gasteiger charge is 2.53. The smallest absolute Gasteiger partial charge is 0.270 e. The standard InChI is InChI=1S/C29H39N3O4/c1-18(27(34)31-17-20-8-10-21(36-4)11-9-20)22-12-14-29(3)15-13-23(19(2)25(29)26(22)33)32-28(35)24-7-5-6-16-30-24/h5-11,16,18-19,22-23,25-26,33H,12-15,17H2,1-4H3,(H,31,34)(H,32,35)/t18-,19+,22+,23-,25+,26-,29-/m0/s1. The molecule has 0 saturated heterocycles. The minimum absolute atomic E-state index is 0.000842. The molecule has 2 amide bonds. The summed E-state index contributed by atoms with van der Waals surface area (Å²) >= 11 is 0. The Hall–Kier alpha value is -2.93. The first-order chi connectivity index (χ1) is 17.2. The van der Waals surface area contributed by atoms with Gasteiger partial charge in [0.1, 0.15) is 11.4 Å². The number of pyridine rings is 1. The topological polar surface area (TPSA) is 101 Å². The van der Waals surface area contributed by atoms with E-state index in [9.17, 15) is 14.7 Å². The molecule has 3 N–H and O–H groups in total. The molecule has 2 aliphatic carbocycles. The van der Waals surface area contributed by atoms with E-state index in [0.29, 0.717) is 12.2 Å². The number of hydrogen-bond acceptors (Lipinski definition) is 5. The van der Waals surface area contributed by atoms with Crippen LogP contribution < -0.4 is 15.4 Å². The van der Waals surface area contributed by atoms with Gasteiger partial charge < -0.3 is 20.5 Å². The van der Waals surface area contributed by atoms with E-state index in [4.69, 9.17) is 4.74 Å². The van der Waals surface area contributed by atoms with Gasteiger partial charge in [0.05, 0.1) is 13.2 Å². The number of ether oxygens (including phenoxy) is 1. The molecule has 2 saturated carbocycles. The van der Waals surface area contributed by atoms with Crippen molar-refractivity contribution in [2.24, 2.45) is 29.1 Å². The number of methoxy groups -OCH3 is 1. The van der Waals surface area contributed by atoms with E-state index in [-0.39, 0.29) is 46.9 Å². The molecule has 0 bridgehead atoms. The number of rotatable bonds is 7. The molecule has 7 nitrogen and oxygen atoms in total. The lowest BCUT2D eigenvalue weighted by molar-refractivity contribution is -0.142. The van der Waals surface area contributed by atoms with Crippen LogP contribution in [0.15, 0.2) is 48.7 Å². The first kappa shape index (κ1) is 26.1.